The van der Waals surface area contributed by atoms with Crippen molar-refractivity contribution in [2.45, 2.75) is 96.1 Å². The van der Waals surface area contributed by atoms with Crippen LogP contribution in [0.2, 0.25) is 3.17 Å². The van der Waals surface area contributed by atoms with Crippen molar-refractivity contribution in [3.05, 3.63) is 60.0 Å². The fourth-order valence-corrected chi connectivity index (χ4v) is 13.0. The van der Waals surface area contributed by atoms with Crippen molar-refractivity contribution in [3.63, 3.8) is 0 Å². The molecule has 3 aliphatic carbocycles. The molecule has 0 N–H and O–H groups in total. The van der Waals surface area contributed by atoms with Gasteiger partial charge in [0.15, 0.2) is 0 Å². The molecule has 0 unspecified atom stereocenters. The van der Waals surface area contributed by atoms with Crippen molar-refractivity contribution in [1.29, 1.82) is 0 Å². The molecule has 0 aromatic heterocycles. The molecule has 1 aromatic rings. The second-order valence-corrected chi connectivity index (χ2v) is 16.1. The van der Waals surface area contributed by atoms with E-state index in [1.54, 1.807) is 44.5 Å². The molecule has 0 atom stereocenters. The van der Waals surface area contributed by atoms with Crippen LogP contribution in [-0.2, 0) is 42.2 Å². The minimum atomic E-state index is -1.03. The Labute approximate surface area is 183 Å². The van der Waals surface area contributed by atoms with Gasteiger partial charge in [-0.05, 0) is 0 Å². The third-order valence-electron chi connectivity index (χ3n) is 8.02. The Hall–Kier alpha value is -0.690. The van der Waals surface area contributed by atoms with Crippen LogP contribution in [-0.4, -0.2) is 0 Å². The van der Waals surface area contributed by atoms with E-state index in [2.05, 4.69) is 53.7 Å². The molecule has 28 heavy (non-hydrogen) atoms. The molecule has 0 amide bonds. The molecule has 0 bridgehead atoms. The molecule has 0 radical (unpaired) electrons. The van der Waals surface area contributed by atoms with Gasteiger partial charge in [-0.25, -0.2) is 0 Å². The van der Waals surface area contributed by atoms with Crippen LogP contribution < -0.4 is 0 Å². The average molecular weight is 539 g/mol. The van der Waals surface area contributed by atoms with Gasteiger partial charge in [0.25, 0.3) is 0 Å². The molecule has 0 aliphatic heterocycles. The van der Waals surface area contributed by atoms with Crippen LogP contribution in [0.25, 0.3) is 5.57 Å². The summed E-state index contributed by atoms with van der Waals surface area (Å²) in [5.74, 6) is 0. The number of rotatable bonds is 6. The first-order chi connectivity index (χ1) is 13.4. The second kappa shape index (κ2) is 7.86. The fraction of sp³-hybridized carbons (Fsp3) is 0.556. The molecular formula is C27H36Hf. The van der Waals surface area contributed by atoms with Gasteiger partial charge in [0.2, 0.25) is 0 Å². The quantitative estimate of drug-likeness (QED) is 0.254. The third-order valence-corrected chi connectivity index (χ3v) is 15.3. The zero-order chi connectivity index (χ0) is 20.1. The van der Waals surface area contributed by atoms with Crippen LogP contribution in [0.5, 0.6) is 0 Å². The number of allylic oxidation sites excluding steroid dienone is 6. The van der Waals surface area contributed by atoms with E-state index in [0.29, 0.717) is 3.17 Å². The monoisotopic (exact) mass is 540 g/mol. The molecule has 1 heteroatoms. The predicted octanol–water partition coefficient (Wildman–Crippen LogP) is 7.97. The molecule has 0 saturated carbocycles. The second-order valence-electron chi connectivity index (χ2n) is 9.43. The van der Waals surface area contributed by atoms with E-state index in [4.69, 9.17) is 0 Å². The van der Waals surface area contributed by atoms with E-state index < -0.39 is 22.9 Å². The summed E-state index contributed by atoms with van der Waals surface area (Å²) in [6.45, 7) is 14.5. The van der Waals surface area contributed by atoms with Crippen molar-refractivity contribution in [2.75, 3.05) is 0 Å². The first kappa shape index (κ1) is 20.6. The zero-order valence-corrected chi connectivity index (χ0v) is 22.4. The molecule has 148 valence electrons. The number of unbranched alkanes of at least 4 members (excludes halogenated alkanes) is 2. The molecular weight excluding hydrogens is 503 g/mol. The Bertz CT molecular complexity index is 882. The Morgan fingerprint density at radius 3 is 2.29 bits per heavy atom. The van der Waals surface area contributed by atoms with Crippen molar-refractivity contribution < 1.29 is 22.9 Å². The number of hydrogen-bond acceptors (Lipinski definition) is 0. The summed E-state index contributed by atoms with van der Waals surface area (Å²) in [6.07, 6.45) is 10.7. The SMILES string of the molecule is CCCCCC1=[C]([Hf][C]2(C)C(C)=C(C)C(C)=C2C)Cc2ccc3c(c21)CCC3. The molecule has 0 saturated heterocycles. The predicted molar refractivity (Wildman–Crippen MR) is 118 cm³/mol. The van der Waals surface area contributed by atoms with Crippen molar-refractivity contribution in [1.82, 2.24) is 0 Å². The van der Waals surface area contributed by atoms with Gasteiger partial charge in [-0.1, -0.05) is 0 Å². The van der Waals surface area contributed by atoms with Crippen molar-refractivity contribution >= 4 is 5.57 Å². The van der Waals surface area contributed by atoms with Gasteiger partial charge < -0.3 is 0 Å². The summed E-state index contributed by atoms with van der Waals surface area (Å²) in [6, 6.07) is 4.96. The number of fused-ring (bicyclic) bond motifs is 3. The van der Waals surface area contributed by atoms with Gasteiger partial charge in [-0.15, -0.1) is 0 Å². The van der Waals surface area contributed by atoms with Crippen LogP contribution in [0.1, 0.15) is 95.9 Å². The van der Waals surface area contributed by atoms with Crippen molar-refractivity contribution in [3.8, 4) is 0 Å². The van der Waals surface area contributed by atoms with Gasteiger partial charge in [0.05, 0.1) is 0 Å². The van der Waals surface area contributed by atoms with Gasteiger partial charge in [0, 0.05) is 0 Å². The van der Waals surface area contributed by atoms with E-state index in [1.807, 2.05) is 8.90 Å². The molecule has 1 aromatic carbocycles. The van der Waals surface area contributed by atoms with Crippen LogP contribution in [0.3, 0.4) is 0 Å². The molecule has 4 rings (SSSR count). The van der Waals surface area contributed by atoms with Crippen molar-refractivity contribution in [2.24, 2.45) is 0 Å². The number of aryl methyl sites for hydroxylation is 1. The van der Waals surface area contributed by atoms with E-state index in [1.165, 1.54) is 51.4 Å². The Morgan fingerprint density at radius 1 is 0.929 bits per heavy atom. The van der Waals surface area contributed by atoms with Gasteiger partial charge in [-0.2, -0.15) is 0 Å². The van der Waals surface area contributed by atoms with Crippen LogP contribution in [0.15, 0.2) is 37.8 Å². The summed E-state index contributed by atoms with van der Waals surface area (Å²) in [5.41, 5.74) is 15.2. The molecule has 0 fully saturated rings. The maximum absolute atomic E-state index is 2.59. The number of benzene rings is 1. The van der Waals surface area contributed by atoms with Crippen LogP contribution in [0, 0.1) is 0 Å². The molecule has 0 spiro atoms. The maximum atomic E-state index is 2.59. The van der Waals surface area contributed by atoms with Crippen LogP contribution >= 0.6 is 0 Å². The Balaban J connectivity index is 1.76. The standard InChI is InChI=1S/C17H21.C10H15.Hf/c1-2-3-4-6-14-11-12-15-10-9-13-7-5-8-16(13)17(14)15;1-6-7(2)9(4)10(5)8(6)3;/h9-10H,2-8,12H2,1H3;1-5H3;. The molecule has 3 aliphatic rings. The summed E-state index contributed by atoms with van der Waals surface area (Å²) in [4.78, 5) is 0. The average Bonchev–Trinajstić information content (AvgIpc) is 3.32. The van der Waals surface area contributed by atoms with Gasteiger partial charge >= 0.3 is 185 Å². The van der Waals surface area contributed by atoms with E-state index >= 15 is 0 Å². The summed E-state index contributed by atoms with van der Waals surface area (Å²) in [7, 11) is 0. The Kier molecular flexibility index (Phi) is 5.78. The topological polar surface area (TPSA) is 0 Å². The van der Waals surface area contributed by atoms with E-state index in [9.17, 15) is 0 Å². The number of hydrogen-bond donors (Lipinski definition) is 0. The van der Waals surface area contributed by atoms with Crippen LogP contribution in [0.4, 0.5) is 0 Å². The normalized spacial score (nSPS) is 20.4. The van der Waals surface area contributed by atoms with Gasteiger partial charge in [0.1, 0.15) is 0 Å². The van der Waals surface area contributed by atoms with E-state index in [0.717, 1.165) is 0 Å². The first-order valence-corrected chi connectivity index (χ1v) is 15.0. The zero-order valence-electron chi connectivity index (χ0n) is 18.8. The molecule has 0 heterocycles. The fourth-order valence-electron chi connectivity index (χ4n) is 5.72. The summed E-state index contributed by atoms with van der Waals surface area (Å²) < 4.78 is 2.35. The molecule has 0 nitrogen and oxygen atoms in total. The third kappa shape index (κ3) is 3.21. The minimum absolute atomic E-state index is 0.407. The summed E-state index contributed by atoms with van der Waals surface area (Å²) in [5, 5.41) is 0. The summed E-state index contributed by atoms with van der Waals surface area (Å²) >= 11 is -1.03. The first-order valence-electron chi connectivity index (χ1n) is 11.4. The van der Waals surface area contributed by atoms with E-state index in [-0.39, 0.29) is 0 Å². The van der Waals surface area contributed by atoms with Gasteiger partial charge in [-0.3, -0.25) is 0 Å². The Morgan fingerprint density at radius 2 is 1.61 bits per heavy atom.